The van der Waals surface area contributed by atoms with Gasteiger partial charge in [-0.15, -0.1) is 0 Å². The normalized spacial score (nSPS) is 14.1. The fourth-order valence-electron chi connectivity index (χ4n) is 2.89. The molecule has 0 bridgehead atoms. The number of hydrogen-bond donors (Lipinski definition) is 0. The molecule has 116 valence electrons. The Kier molecular flexibility index (Phi) is 13.6. The first-order valence-electron chi connectivity index (χ1n) is 8.65. The molecule has 0 fully saturated rings. The number of rotatable bonds is 13. The van der Waals surface area contributed by atoms with Gasteiger partial charge in [-0.3, -0.25) is 0 Å². The van der Waals surface area contributed by atoms with Crippen LogP contribution in [0.3, 0.4) is 0 Å². The fraction of sp³-hybridized carbons (Fsp3) is 1.00. The first kappa shape index (κ1) is 19.4. The Labute approximate surface area is 126 Å². The van der Waals surface area contributed by atoms with Crippen LogP contribution in [0.5, 0.6) is 0 Å². The highest BCUT2D eigenvalue weighted by Crippen LogP contribution is 2.07. The maximum atomic E-state index is 2.83. The molecule has 0 spiro atoms. The van der Waals surface area contributed by atoms with Gasteiger partial charge in [0.1, 0.15) is 8.96 Å². The van der Waals surface area contributed by atoms with Gasteiger partial charge in [0.05, 0.1) is 9.68 Å². The highest BCUT2D eigenvalue weighted by Gasteiger charge is 2.14. The molecule has 0 aromatic carbocycles. The molecule has 1 unspecified atom stereocenters. The monoisotopic (exact) mass is 302 g/mol. The maximum absolute atomic E-state index is 2.83. The summed E-state index contributed by atoms with van der Waals surface area (Å²) >= 11 is 0. The molecule has 0 saturated carbocycles. The minimum Gasteiger partial charge on any atom is -0.329 e. The van der Waals surface area contributed by atoms with E-state index in [1.165, 1.54) is 51.9 Å². The highest BCUT2D eigenvalue weighted by molar-refractivity contribution is 6.55. The predicted octanol–water partition coefficient (Wildman–Crippen LogP) is 3.09. The Bertz CT molecular complexity index is 179. The number of hydrogen-bond acceptors (Lipinski definition) is 2. The molecule has 0 saturated heterocycles. The third kappa shape index (κ3) is 9.82. The zero-order valence-electron chi connectivity index (χ0n) is 14.2. The van der Waals surface area contributed by atoms with Crippen molar-refractivity contribution in [2.75, 3.05) is 26.2 Å². The van der Waals surface area contributed by atoms with Crippen molar-refractivity contribution in [3.63, 3.8) is 0 Å². The second-order valence-electron chi connectivity index (χ2n) is 5.87. The van der Waals surface area contributed by atoms with Crippen LogP contribution in [0.4, 0.5) is 0 Å². The lowest BCUT2D eigenvalue weighted by Gasteiger charge is -2.28. The molecule has 0 aliphatic heterocycles. The van der Waals surface area contributed by atoms with E-state index in [2.05, 4.69) is 43.4 Å². The van der Waals surface area contributed by atoms with Crippen molar-refractivity contribution < 1.29 is 0 Å². The molecule has 0 aliphatic carbocycles. The Morgan fingerprint density at radius 3 is 1.68 bits per heavy atom. The lowest BCUT2D eigenvalue weighted by molar-refractivity contribution is 0.427. The molecule has 0 aromatic heterocycles. The first-order chi connectivity index (χ1) is 9.19. The average molecular weight is 303 g/mol. The average Bonchev–Trinajstić information content (AvgIpc) is 2.39. The van der Waals surface area contributed by atoms with Crippen LogP contribution in [-0.2, 0) is 0 Å². The van der Waals surface area contributed by atoms with Crippen LogP contribution in [0.15, 0.2) is 0 Å². The summed E-state index contributed by atoms with van der Waals surface area (Å²) in [5.74, 6) is 0. The van der Waals surface area contributed by atoms with E-state index >= 15 is 0 Å². The largest absolute Gasteiger partial charge is 0.329 e. The Balaban J connectivity index is 3.93. The smallest absolute Gasteiger partial charge is 0.108 e. The molecule has 0 N–H and O–H groups in total. The van der Waals surface area contributed by atoms with Crippen LogP contribution in [0.1, 0.15) is 53.4 Å². The summed E-state index contributed by atoms with van der Waals surface area (Å²) in [6.07, 6.45) is 5.31. The van der Waals surface area contributed by atoms with Gasteiger partial charge in [-0.25, -0.2) is 0 Å². The fourth-order valence-corrected chi connectivity index (χ4v) is 9.27. The maximum Gasteiger partial charge on any atom is 0.108 e. The lowest BCUT2D eigenvalue weighted by atomic mass is 10.4. The van der Waals surface area contributed by atoms with Gasteiger partial charge in [0.2, 0.25) is 0 Å². The third-order valence-corrected chi connectivity index (χ3v) is 9.63. The summed E-state index contributed by atoms with van der Waals surface area (Å²) in [6.45, 7) is 17.2. The van der Waals surface area contributed by atoms with Gasteiger partial charge in [0.15, 0.2) is 0 Å². The Morgan fingerprint density at radius 2 is 1.26 bits per heavy atom. The van der Waals surface area contributed by atoms with Gasteiger partial charge < -0.3 is 9.13 Å². The summed E-state index contributed by atoms with van der Waals surface area (Å²) < 4.78 is 5.63. The van der Waals surface area contributed by atoms with Crippen LogP contribution in [0.25, 0.3) is 0 Å². The van der Waals surface area contributed by atoms with E-state index in [1.54, 1.807) is 12.1 Å². The molecule has 19 heavy (non-hydrogen) atoms. The molecular weight excluding hydrogens is 264 g/mol. The van der Waals surface area contributed by atoms with Crippen molar-refractivity contribution in [3.05, 3.63) is 0 Å². The summed E-state index contributed by atoms with van der Waals surface area (Å²) in [6, 6.07) is 3.10. The Morgan fingerprint density at radius 1 is 0.789 bits per heavy atom. The quantitative estimate of drug-likeness (QED) is 0.482. The molecule has 1 atom stereocenters. The molecule has 0 aliphatic rings. The van der Waals surface area contributed by atoms with Crippen LogP contribution in [0, 0.1) is 0 Å². The standard InChI is InChI=1S/C15H38N2Si2/c1-6-10-16(11-7-2)18-14-15-19(5)17(12-8-3)13-9-4/h19H,6-15,18H2,1-5H3. The van der Waals surface area contributed by atoms with Crippen molar-refractivity contribution in [3.8, 4) is 0 Å². The second-order valence-corrected chi connectivity index (χ2v) is 10.9. The van der Waals surface area contributed by atoms with Gasteiger partial charge >= 0.3 is 0 Å². The highest BCUT2D eigenvalue weighted by atomic mass is 28.3. The summed E-state index contributed by atoms with van der Waals surface area (Å²) in [7, 11) is -0.568. The van der Waals surface area contributed by atoms with E-state index in [9.17, 15) is 0 Å². The van der Waals surface area contributed by atoms with Crippen molar-refractivity contribution in [1.29, 1.82) is 0 Å². The SMILES string of the molecule is CCCN(CCC)[SiH2]CC[SiH](C)N(CCC)CCC. The Hall–Kier alpha value is 0.354. The van der Waals surface area contributed by atoms with Gasteiger partial charge in [-0.05, 0) is 57.9 Å². The second kappa shape index (κ2) is 13.3. The van der Waals surface area contributed by atoms with Crippen LogP contribution in [-0.4, -0.2) is 53.9 Å². The molecule has 0 aromatic rings. The summed E-state index contributed by atoms with van der Waals surface area (Å²) in [5.41, 5.74) is 0. The van der Waals surface area contributed by atoms with E-state index in [4.69, 9.17) is 0 Å². The van der Waals surface area contributed by atoms with Gasteiger partial charge in [-0.1, -0.05) is 40.3 Å². The van der Waals surface area contributed by atoms with Crippen molar-refractivity contribution in [2.24, 2.45) is 0 Å². The minimum atomic E-state index is -0.610. The minimum absolute atomic E-state index is 0.0420. The van der Waals surface area contributed by atoms with Crippen LogP contribution in [0.2, 0.25) is 18.6 Å². The summed E-state index contributed by atoms with van der Waals surface area (Å²) in [5, 5.41) is 0. The van der Waals surface area contributed by atoms with Gasteiger partial charge in [0, 0.05) is 0 Å². The van der Waals surface area contributed by atoms with E-state index in [0.717, 1.165) is 0 Å². The van der Waals surface area contributed by atoms with Gasteiger partial charge in [0.25, 0.3) is 0 Å². The van der Waals surface area contributed by atoms with E-state index in [1.807, 2.05) is 0 Å². The molecule has 0 rings (SSSR count). The van der Waals surface area contributed by atoms with Crippen molar-refractivity contribution in [1.82, 2.24) is 9.13 Å². The van der Waals surface area contributed by atoms with Crippen molar-refractivity contribution >= 4 is 18.6 Å². The lowest BCUT2D eigenvalue weighted by Crippen LogP contribution is -2.39. The topological polar surface area (TPSA) is 6.48 Å². The van der Waals surface area contributed by atoms with E-state index < -0.39 is 8.96 Å². The summed E-state index contributed by atoms with van der Waals surface area (Å²) in [4.78, 5) is 0. The molecule has 4 heteroatoms. The van der Waals surface area contributed by atoms with Gasteiger partial charge in [-0.2, -0.15) is 0 Å². The molecule has 0 heterocycles. The number of nitrogens with zero attached hydrogens (tertiary/aromatic N) is 2. The molecular formula is C15H38N2Si2. The predicted molar refractivity (Wildman–Crippen MR) is 95.5 cm³/mol. The zero-order valence-corrected chi connectivity index (χ0v) is 16.8. The van der Waals surface area contributed by atoms with E-state index in [-0.39, 0.29) is 9.68 Å². The molecule has 2 nitrogen and oxygen atoms in total. The first-order valence-corrected chi connectivity index (χ1v) is 12.8. The molecule has 0 radical (unpaired) electrons. The van der Waals surface area contributed by atoms with E-state index in [0.29, 0.717) is 0 Å². The van der Waals surface area contributed by atoms with Crippen molar-refractivity contribution in [2.45, 2.75) is 72.0 Å². The van der Waals surface area contributed by atoms with Crippen LogP contribution >= 0.6 is 0 Å². The molecule has 0 amide bonds. The third-order valence-electron chi connectivity index (χ3n) is 3.82. The van der Waals surface area contributed by atoms with Crippen LogP contribution < -0.4 is 0 Å². The zero-order chi connectivity index (χ0) is 14.5.